The van der Waals surface area contributed by atoms with Crippen molar-refractivity contribution in [2.24, 2.45) is 0 Å². The minimum Gasteiger partial charge on any atom is -0.360 e. The van der Waals surface area contributed by atoms with Gasteiger partial charge in [-0.1, -0.05) is 38.1 Å². The van der Waals surface area contributed by atoms with Crippen molar-refractivity contribution < 1.29 is 17.9 Å². The predicted octanol–water partition coefficient (Wildman–Crippen LogP) is 3.99. The third-order valence-electron chi connectivity index (χ3n) is 3.61. The first kappa shape index (κ1) is 13.4. The number of benzene rings is 1. The summed E-state index contributed by atoms with van der Waals surface area (Å²) in [6, 6.07) is 7.56. The van der Waals surface area contributed by atoms with Crippen LogP contribution in [-0.4, -0.2) is 18.4 Å². The molecule has 0 spiro atoms. The van der Waals surface area contributed by atoms with Crippen LogP contribution in [0.5, 0.6) is 0 Å². The zero-order valence-corrected chi connectivity index (χ0v) is 10.8. The first-order valence-electron chi connectivity index (χ1n) is 5.95. The van der Waals surface area contributed by atoms with E-state index in [0.29, 0.717) is 0 Å². The van der Waals surface area contributed by atoms with E-state index in [-0.39, 0.29) is 13.0 Å². The highest BCUT2D eigenvalue weighted by Crippen LogP contribution is 2.51. The van der Waals surface area contributed by atoms with E-state index < -0.39 is 17.2 Å². The van der Waals surface area contributed by atoms with Gasteiger partial charge in [-0.2, -0.15) is 13.2 Å². The Bertz CT molecular complexity index is 445. The van der Waals surface area contributed by atoms with E-state index in [1.165, 1.54) is 0 Å². The smallest absolute Gasteiger partial charge is 0.360 e. The van der Waals surface area contributed by atoms with Gasteiger partial charge in [0.15, 0.2) is 5.60 Å². The van der Waals surface area contributed by atoms with Crippen LogP contribution in [0.1, 0.15) is 31.4 Å². The Morgan fingerprint density at radius 1 is 1.22 bits per heavy atom. The van der Waals surface area contributed by atoms with Crippen LogP contribution in [0.2, 0.25) is 0 Å². The number of aryl methyl sites for hydroxylation is 1. The molecule has 1 nitrogen and oxygen atoms in total. The topological polar surface area (TPSA) is 12.5 Å². The van der Waals surface area contributed by atoms with E-state index in [0.717, 1.165) is 11.1 Å². The molecule has 1 heterocycles. The fraction of sp³-hybridized carbons (Fsp3) is 0.571. The summed E-state index contributed by atoms with van der Waals surface area (Å²) in [5, 5.41) is 0. The molecule has 0 saturated carbocycles. The molecule has 1 fully saturated rings. The number of halogens is 3. The van der Waals surface area contributed by atoms with Gasteiger partial charge in [-0.25, -0.2) is 0 Å². The van der Waals surface area contributed by atoms with Gasteiger partial charge in [0.05, 0.1) is 6.61 Å². The summed E-state index contributed by atoms with van der Waals surface area (Å²) >= 11 is 0. The highest BCUT2D eigenvalue weighted by Gasteiger charge is 2.67. The zero-order valence-electron chi connectivity index (χ0n) is 10.8. The fourth-order valence-corrected chi connectivity index (χ4v) is 2.59. The van der Waals surface area contributed by atoms with Gasteiger partial charge >= 0.3 is 6.18 Å². The number of rotatable bonds is 3. The third-order valence-corrected chi connectivity index (χ3v) is 3.61. The number of alkyl halides is 3. The molecule has 0 aliphatic carbocycles. The average Bonchev–Trinajstić information content (AvgIpc) is 2.97. The van der Waals surface area contributed by atoms with Crippen molar-refractivity contribution >= 4 is 0 Å². The lowest BCUT2D eigenvalue weighted by Gasteiger charge is -2.31. The Balaban J connectivity index is 2.26. The standard InChI is InChI=1S/C14H17F3O/c1-10-6-4-5-7-11(10)12(2,3)8-13(9-18-13)14(15,16)17/h4-7H,8-9H2,1-3H3. The van der Waals surface area contributed by atoms with Crippen LogP contribution in [0.15, 0.2) is 24.3 Å². The Kier molecular flexibility index (Phi) is 2.97. The summed E-state index contributed by atoms with van der Waals surface area (Å²) in [4.78, 5) is 0. The molecular weight excluding hydrogens is 241 g/mol. The number of hydrogen-bond acceptors (Lipinski definition) is 1. The van der Waals surface area contributed by atoms with Crippen LogP contribution < -0.4 is 0 Å². The molecule has 18 heavy (non-hydrogen) atoms. The first-order chi connectivity index (χ1) is 8.18. The van der Waals surface area contributed by atoms with Gasteiger partial charge in [-0.05, 0) is 29.9 Å². The molecule has 1 aromatic rings. The van der Waals surface area contributed by atoms with E-state index >= 15 is 0 Å². The molecule has 0 radical (unpaired) electrons. The monoisotopic (exact) mass is 258 g/mol. The van der Waals surface area contributed by atoms with Crippen LogP contribution in [-0.2, 0) is 10.2 Å². The molecule has 1 aliphatic heterocycles. The lowest BCUT2D eigenvalue weighted by molar-refractivity contribution is -0.188. The Labute approximate surface area is 105 Å². The fourth-order valence-electron chi connectivity index (χ4n) is 2.59. The SMILES string of the molecule is Cc1ccccc1C(C)(C)CC1(C(F)(F)F)CO1. The summed E-state index contributed by atoms with van der Waals surface area (Å²) in [7, 11) is 0. The maximum absolute atomic E-state index is 12.9. The second kappa shape index (κ2) is 3.98. The van der Waals surface area contributed by atoms with E-state index in [4.69, 9.17) is 4.74 Å². The quantitative estimate of drug-likeness (QED) is 0.747. The molecule has 0 aromatic heterocycles. The minimum atomic E-state index is -4.28. The van der Waals surface area contributed by atoms with Crippen molar-refractivity contribution in [2.45, 2.75) is 44.4 Å². The van der Waals surface area contributed by atoms with Crippen LogP contribution in [0.4, 0.5) is 13.2 Å². The van der Waals surface area contributed by atoms with Gasteiger partial charge in [0.2, 0.25) is 0 Å². The molecule has 0 amide bonds. The van der Waals surface area contributed by atoms with E-state index in [2.05, 4.69) is 0 Å². The highest BCUT2D eigenvalue weighted by atomic mass is 19.4. The molecule has 2 rings (SSSR count). The maximum atomic E-state index is 12.9. The Morgan fingerprint density at radius 3 is 2.22 bits per heavy atom. The minimum absolute atomic E-state index is 0.0334. The Morgan fingerprint density at radius 2 is 1.78 bits per heavy atom. The van der Waals surface area contributed by atoms with Crippen molar-refractivity contribution in [1.82, 2.24) is 0 Å². The molecule has 1 saturated heterocycles. The van der Waals surface area contributed by atoms with Crippen molar-refractivity contribution in [3.05, 3.63) is 35.4 Å². The molecule has 4 heteroatoms. The van der Waals surface area contributed by atoms with Crippen LogP contribution >= 0.6 is 0 Å². The largest absolute Gasteiger partial charge is 0.419 e. The highest BCUT2D eigenvalue weighted by molar-refractivity contribution is 5.33. The van der Waals surface area contributed by atoms with Gasteiger partial charge in [0.25, 0.3) is 0 Å². The normalized spacial score (nSPS) is 24.1. The molecule has 100 valence electrons. The van der Waals surface area contributed by atoms with E-state index in [9.17, 15) is 13.2 Å². The second-order valence-corrected chi connectivity index (χ2v) is 5.66. The third kappa shape index (κ3) is 2.26. The lowest BCUT2D eigenvalue weighted by Crippen LogP contribution is -2.39. The predicted molar refractivity (Wildman–Crippen MR) is 63.6 cm³/mol. The summed E-state index contributed by atoms with van der Waals surface area (Å²) < 4.78 is 43.5. The summed E-state index contributed by atoms with van der Waals surface area (Å²) in [5.74, 6) is 0. The molecule has 0 N–H and O–H groups in total. The average molecular weight is 258 g/mol. The van der Waals surface area contributed by atoms with Gasteiger partial charge in [-0.3, -0.25) is 0 Å². The zero-order chi connectivity index (χ0) is 13.6. The van der Waals surface area contributed by atoms with Crippen molar-refractivity contribution in [1.29, 1.82) is 0 Å². The van der Waals surface area contributed by atoms with Crippen LogP contribution in [0.25, 0.3) is 0 Å². The molecule has 1 unspecified atom stereocenters. The first-order valence-corrected chi connectivity index (χ1v) is 5.95. The summed E-state index contributed by atoms with van der Waals surface area (Å²) in [5.41, 5.74) is -0.527. The molecule has 1 aliphatic rings. The van der Waals surface area contributed by atoms with Crippen LogP contribution in [0, 0.1) is 6.92 Å². The molecule has 1 atom stereocenters. The van der Waals surface area contributed by atoms with Gasteiger partial charge < -0.3 is 4.74 Å². The second-order valence-electron chi connectivity index (χ2n) is 5.66. The molecular formula is C14H17F3O. The van der Waals surface area contributed by atoms with Gasteiger partial charge in [-0.15, -0.1) is 0 Å². The van der Waals surface area contributed by atoms with E-state index in [1.54, 1.807) is 0 Å². The van der Waals surface area contributed by atoms with Crippen molar-refractivity contribution in [3.8, 4) is 0 Å². The van der Waals surface area contributed by atoms with E-state index in [1.807, 2.05) is 45.0 Å². The molecule has 1 aromatic carbocycles. The van der Waals surface area contributed by atoms with Gasteiger partial charge in [0.1, 0.15) is 0 Å². The summed E-state index contributed by atoms with van der Waals surface area (Å²) in [6.07, 6.45) is -4.32. The number of ether oxygens (including phenoxy) is 1. The molecule has 0 bridgehead atoms. The lowest BCUT2D eigenvalue weighted by atomic mass is 9.75. The van der Waals surface area contributed by atoms with Crippen molar-refractivity contribution in [2.75, 3.05) is 6.61 Å². The number of hydrogen-bond donors (Lipinski definition) is 0. The van der Waals surface area contributed by atoms with Crippen LogP contribution in [0.3, 0.4) is 0 Å². The summed E-state index contributed by atoms with van der Waals surface area (Å²) in [6.45, 7) is 5.38. The van der Waals surface area contributed by atoms with Gasteiger partial charge in [0, 0.05) is 0 Å². The number of epoxide rings is 1. The van der Waals surface area contributed by atoms with Crippen molar-refractivity contribution in [3.63, 3.8) is 0 Å². The Hall–Kier alpha value is -1.03. The maximum Gasteiger partial charge on any atom is 0.419 e.